The van der Waals surface area contributed by atoms with Gasteiger partial charge in [-0.15, -0.1) is 0 Å². The van der Waals surface area contributed by atoms with E-state index < -0.39 is 30.4 Å². The van der Waals surface area contributed by atoms with E-state index in [-0.39, 0.29) is 6.61 Å². The van der Waals surface area contributed by atoms with Gasteiger partial charge >= 0.3 is 5.97 Å². The van der Waals surface area contributed by atoms with E-state index in [1.165, 1.54) is 7.11 Å². The average Bonchev–Trinajstić information content (AvgIpc) is 2.04. The molecule has 3 N–H and O–H groups in total. The predicted octanol–water partition coefficient (Wildman–Crippen LogP) is -1.79. The third kappa shape index (κ3) is 1.97. The zero-order valence-electron chi connectivity index (χ0n) is 7.08. The fraction of sp³-hybridized carbons (Fsp3) is 0.857. The summed E-state index contributed by atoms with van der Waals surface area (Å²) in [7, 11) is 1.29. The topological polar surface area (TPSA) is 96.2 Å². The second kappa shape index (κ2) is 4.01. The lowest BCUT2D eigenvalue weighted by Gasteiger charge is -2.34. The van der Waals surface area contributed by atoms with Crippen molar-refractivity contribution in [1.29, 1.82) is 0 Å². The Morgan fingerprint density at radius 2 is 2.15 bits per heavy atom. The van der Waals surface area contributed by atoms with Crippen LogP contribution in [0.25, 0.3) is 0 Å². The number of aliphatic carboxylic acids is 1. The van der Waals surface area contributed by atoms with Crippen molar-refractivity contribution in [3.8, 4) is 0 Å². The summed E-state index contributed by atoms with van der Waals surface area (Å²) >= 11 is 0. The summed E-state index contributed by atoms with van der Waals surface area (Å²) < 4.78 is 9.47. The van der Waals surface area contributed by atoms with Gasteiger partial charge in [0.2, 0.25) is 0 Å². The number of ether oxygens (including phenoxy) is 2. The van der Waals surface area contributed by atoms with E-state index in [2.05, 4.69) is 0 Å². The standard InChI is InChI=1S/C7H12O6/c1-12-5-3(8)2-13-6(4(5)9)7(10)11/h3-6,8-9H,2H2,1H3,(H,10,11)/t3-,4+,5?,6?/m1/s1. The first-order valence-corrected chi connectivity index (χ1v) is 3.81. The SMILES string of the molecule is COC1[C@H](O)C(C(=O)O)OC[C@H]1O. The minimum atomic E-state index is -1.34. The van der Waals surface area contributed by atoms with E-state index in [4.69, 9.17) is 14.6 Å². The van der Waals surface area contributed by atoms with E-state index in [0.29, 0.717) is 0 Å². The Balaban J connectivity index is 2.69. The lowest BCUT2D eigenvalue weighted by Crippen LogP contribution is -2.56. The Kier molecular flexibility index (Phi) is 3.21. The Labute approximate surface area is 74.7 Å². The normalized spacial score (nSPS) is 40.2. The van der Waals surface area contributed by atoms with Gasteiger partial charge in [-0.1, -0.05) is 0 Å². The first-order valence-electron chi connectivity index (χ1n) is 3.81. The van der Waals surface area contributed by atoms with Crippen LogP contribution < -0.4 is 0 Å². The molecule has 0 aromatic carbocycles. The smallest absolute Gasteiger partial charge is 0.335 e. The van der Waals surface area contributed by atoms with Crippen molar-refractivity contribution in [3.05, 3.63) is 0 Å². The van der Waals surface area contributed by atoms with Gasteiger partial charge in [-0.2, -0.15) is 0 Å². The van der Waals surface area contributed by atoms with Crippen LogP contribution in [0.2, 0.25) is 0 Å². The first-order chi connectivity index (χ1) is 6.07. The lowest BCUT2D eigenvalue weighted by molar-refractivity contribution is -0.207. The molecule has 1 rings (SSSR count). The van der Waals surface area contributed by atoms with Crippen molar-refractivity contribution < 1.29 is 29.6 Å². The number of hydrogen-bond donors (Lipinski definition) is 3. The molecule has 1 fully saturated rings. The molecule has 0 bridgehead atoms. The second-order valence-electron chi connectivity index (χ2n) is 2.85. The average molecular weight is 192 g/mol. The number of carboxylic acids is 1. The highest BCUT2D eigenvalue weighted by molar-refractivity contribution is 5.73. The van der Waals surface area contributed by atoms with Crippen molar-refractivity contribution in [1.82, 2.24) is 0 Å². The van der Waals surface area contributed by atoms with Gasteiger partial charge in [0.25, 0.3) is 0 Å². The zero-order chi connectivity index (χ0) is 10.0. The van der Waals surface area contributed by atoms with E-state index >= 15 is 0 Å². The van der Waals surface area contributed by atoms with Gasteiger partial charge in [0.05, 0.1) is 6.61 Å². The Hall–Kier alpha value is -0.690. The molecule has 0 amide bonds. The van der Waals surface area contributed by atoms with Crippen molar-refractivity contribution in [2.75, 3.05) is 13.7 Å². The summed E-state index contributed by atoms with van der Waals surface area (Å²) in [5.74, 6) is -1.26. The molecule has 0 aromatic heterocycles. The Bertz CT molecular complexity index is 193. The van der Waals surface area contributed by atoms with E-state index in [1.807, 2.05) is 0 Å². The van der Waals surface area contributed by atoms with E-state index in [9.17, 15) is 15.0 Å². The second-order valence-corrected chi connectivity index (χ2v) is 2.85. The molecule has 0 radical (unpaired) electrons. The van der Waals surface area contributed by atoms with Crippen molar-refractivity contribution in [3.63, 3.8) is 0 Å². The molecule has 2 unspecified atom stereocenters. The molecule has 0 aromatic rings. The molecule has 6 heteroatoms. The van der Waals surface area contributed by atoms with Gasteiger partial charge in [-0.25, -0.2) is 4.79 Å². The molecule has 13 heavy (non-hydrogen) atoms. The number of rotatable bonds is 2. The predicted molar refractivity (Wildman–Crippen MR) is 40.2 cm³/mol. The summed E-state index contributed by atoms with van der Waals surface area (Å²) in [6.45, 7) is -0.146. The largest absolute Gasteiger partial charge is 0.479 e. The molecule has 4 atom stereocenters. The molecule has 1 saturated heterocycles. The fourth-order valence-electron chi connectivity index (χ4n) is 1.31. The molecule has 1 aliphatic rings. The molecule has 76 valence electrons. The van der Waals surface area contributed by atoms with Gasteiger partial charge in [0.15, 0.2) is 6.10 Å². The van der Waals surface area contributed by atoms with Gasteiger partial charge < -0.3 is 24.8 Å². The van der Waals surface area contributed by atoms with Crippen molar-refractivity contribution in [2.45, 2.75) is 24.4 Å². The molecule has 0 saturated carbocycles. The Morgan fingerprint density at radius 1 is 1.54 bits per heavy atom. The number of aliphatic hydroxyl groups is 2. The minimum Gasteiger partial charge on any atom is -0.479 e. The third-order valence-electron chi connectivity index (χ3n) is 1.99. The quantitative estimate of drug-likeness (QED) is 0.478. The lowest BCUT2D eigenvalue weighted by atomic mass is 10.00. The number of carboxylic acid groups (broad SMARTS) is 1. The van der Waals surface area contributed by atoms with Crippen LogP contribution in [0.15, 0.2) is 0 Å². The van der Waals surface area contributed by atoms with Crippen LogP contribution in [0.4, 0.5) is 0 Å². The highest BCUT2D eigenvalue weighted by Crippen LogP contribution is 2.17. The van der Waals surface area contributed by atoms with Gasteiger partial charge in [-0.05, 0) is 0 Å². The summed E-state index contributed by atoms with van der Waals surface area (Å²) in [6.07, 6.45) is -4.56. The summed E-state index contributed by atoms with van der Waals surface area (Å²) in [6, 6.07) is 0. The summed E-state index contributed by atoms with van der Waals surface area (Å²) in [4.78, 5) is 10.5. The monoisotopic (exact) mass is 192 g/mol. The maximum absolute atomic E-state index is 10.5. The van der Waals surface area contributed by atoms with Crippen LogP contribution in [0.3, 0.4) is 0 Å². The minimum absolute atomic E-state index is 0.146. The third-order valence-corrected chi connectivity index (χ3v) is 1.99. The highest BCUT2D eigenvalue weighted by atomic mass is 16.6. The maximum Gasteiger partial charge on any atom is 0.335 e. The molecular weight excluding hydrogens is 180 g/mol. The van der Waals surface area contributed by atoms with Crippen LogP contribution in [0.5, 0.6) is 0 Å². The zero-order valence-corrected chi connectivity index (χ0v) is 7.08. The Morgan fingerprint density at radius 3 is 2.62 bits per heavy atom. The summed E-state index contributed by atoms with van der Waals surface area (Å²) in [5.41, 5.74) is 0. The highest BCUT2D eigenvalue weighted by Gasteiger charge is 2.42. The van der Waals surface area contributed by atoms with Gasteiger partial charge in [0, 0.05) is 7.11 Å². The van der Waals surface area contributed by atoms with Crippen LogP contribution in [0, 0.1) is 0 Å². The first kappa shape index (κ1) is 10.4. The van der Waals surface area contributed by atoms with Crippen molar-refractivity contribution in [2.24, 2.45) is 0 Å². The van der Waals surface area contributed by atoms with Crippen LogP contribution in [-0.2, 0) is 14.3 Å². The summed E-state index contributed by atoms with van der Waals surface area (Å²) in [5, 5.41) is 27.2. The number of carbonyl (C=O) groups is 1. The maximum atomic E-state index is 10.5. The van der Waals surface area contributed by atoms with E-state index in [0.717, 1.165) is 0 Å². The number of aliphatic hydroxyl groups excluding tert-OH is 2. The molecule has 1 heterocycles. The molecular formula is C7H12O6. The van der Waals surface area contributed by atoms with Crippen LogP contribution in [-0.4, -0.2) is 59.4 Å². The van der Waals surface area contributed by atoms with Crippen molar-refractivity contribution >= 4 is 5.97 Å². The molecule has 0 aliphatic carbocycles. The molecule has 6 nitrogen and oxygen atoms in total. The van der Waals surface area contributed by atoms with E-state index in [1.54, 1.807) is 0 Å². The number of methoxy groups -OCH3 is 1. The van der Waals surface area contributed by atoms with Crippen LogP contribution in [0.1, 0.15) is 0 Å². The number of hydrogen-bond acceptors (Lipinski definition) is 5. The molecule has 0 spiro atoms. The molecule has 1 aliphatic heterocycles. The van der Waals surface area contributed by atoms with Gasteiger partial charge in [-0.3, -0.25) is 0 Å². The van der Waals surface area contributed by atoms with Crippen LogP contribution >= 0.6 is 0 Å². The fourth-order valence-corrected chi connectivity index (χ4v) is 1.31. The van der Waals surface area contributed by atoms with Gasteiger partial charge in [0.1, 0.15) is 18.3 Å².